The zero-order valence-electron chi connectivity index (χ0n) is 11.3. The minimum absolute atomic E-state index is 0. The van der Waals surface area contributed by atoms with Gasteiger partial charge in [-0.1, -0.05) is 0 Å². The van der Waals surface area contributed by atoms with Crippen LogP contribution >= 0.6 is 19.7 Å². The first-order chi connectivity index (χ1) is 6.68. The average Bonchev–Trinajstić information content (AvgIpc) is 2.21. The van der Waals surface area contributed by atoms with Crippen LogP contribution in [0, 0.1) is 0 Å². The fourth-order valence-corrected chi connectivity index (χ4v) is 6.56. The summed E-state index contributed by atoms with van der Waals surface area (Å²) >= 11 is 0. The quantitative estimate of drug-likeness (QED) is 0.497. The van der Waals surface area contributed by atoms with Crippen molar-refractivity contribution in [2.24, 2.45) is 0 Å². The summed E-state index contributed by atoms with van der Waals surface area (Å²) in [4.78, 5) is 0. The van der Waals surface area contributed by atoms with Gasteiger partial charge in [0.25, 0.3) is 0 Å². The molecule has 0 amide bonds. The maximum Gasteiger partial charge on any atom is -0.147 e. The smallest absolute Gasteiger partial charge is 0.147 e. The Labute approximate surface area is 104 Å². The molecule has 0 rings (SSSR count). The Bertz CT molecular complexity index is 104. The van der Waals surface area contributed by atoms with Crippen LogP contribution in [0.25, 0.3) is 0 Å². The fourth-order valence-electron chi connectivity index (χ4n) is 2.19. The minimum Gasteiger partial charge on any atom is -0.147 e. The second-order valence-corrected chi connectivity index (χ2v) is 10.2. The van der Waals surface area contributed by atoms with Crippen LogP contribution in [0.3, 0.4) is 0 Å². The average molecular weight is 255 g/mol. The van der Waals surface area contributed by atoms with Crippen molar-refractivity contribution in [2.45, 2.75) is 59.3 Å². The third-order valence-electron chi connectivity index (χ3n) is 3.40. The summed E-state index contributed by atoms with van der Waals surface area (Å²) in [7, 11) is -0.812. The zero-order chi connectivity index (χ0) is 10.9. The van der Waals surface area contributed by atoms with Crippen LogP contribution < -0.4 is 0 Å². The second-order valence-electron chi connectivity index (χ2n) is 5.12. The predicted molar refractivity (Wildman–Crippen MR) is 80.8 cm³/mol. The molecular formula is C13H32ClP. The van der Waals surface area contributed by atoms with E-state index in [-0.39, 0.29) is 12.4 Å². The molecule has 15 heavy (non-hydrogen) atoms. The van der Waals surface area contributed by atoms with E-state index in [0.717, 1.165) is 0 Å². The Morgan fingerprint density at radius 1 is 0.667 bits per heavy atom. The molecule has 0 saturated heterocycles. The molecule has 0 spiro atoms. The molecule has 0 heterocycles. The van der Waals surface area contributed by atoms with Gasteiger partial charge >= 0.3 is 91.7 Å². The van der Waals surface area contributed by atoms with Crippen LogP contribution in [0.4, 0.5) is 0 Å². The summed E-state index contributed by atoms with van der Waals surface area (Å²) in [6, 6.07) is 0. The van der Waals surface area contributed by atoms with Crippen molar-refractivity contribution in [3.8, 4) is 0 Å². The van der Waals surface area contributed by atoms with Gasteiger partial charge in [-0.2, -0.15) is 0 Å². The van der Waals surface area contributed by atoms with Gasteiger partial charge in [-0.3, -0.25) is 0 Å². The van der Waals surface area contributed by atoms with Gasteiger partial charge in [0.2, 0.25) is 0 Å². The largest absolute Gasteiger partial charge is 0.147 e. The van der Waals surface area contributed by atoms with Gasteiger partial charge in [-0.05, 0) is 0 Å². The first kappa shape index (κ1) is 18.1. The number of rotatable bonds is 9. The first-order valence-corrected chi connectivity index (χ1v) is 9.80. The number of hydrogen-bond acceptors (Lipinski definition) is 0. The van der Waals surface area contributed by atoms with E-state index >= 15 is 0 Å². The predicted octanol–water partition coefficient (Wildman–Crippen LogP) is 5.19. The molecule has 0 aromatic carbocycles. The third kappa shape index (κ3) is 9.64. The Balaban J connectivity index is 0. The van der Waals surface area contributed by atoms with E-state index < -0.39 is 7.26 Å². The number of halogens is 1. The number of unbranched alkanes of at least 4 members (excludes halogenated alkanes) is 3. The molecule has 0 nitrogen and oxygen atoms in total. The Kier molecular flexibility index (Phi) is 13.5. The minimum atomic E-state index is -0.812. The molecule has 0 bridgehead atoms. The van der Waals surface area contributed by atoms with E-state index in [2.05, 4.69) is 27.4 Å². The third-order valence-corrected chi connectivity index (χ3v) is 8.08. The topological polar surface area (TPSA) is 0 Å². The zero-order valence-corrected chi connectivity index (χ0v) is 13.1. The molecule has 0 fully saturated rings. The summed E-state index contributed by atoms with van der Waals surface area (Å²) in [6.07, 6.45) is 13.4. The summed E-state index contributed by atoms with van der Waals surface area (Å²) in [5.74, 6) is 0. The molecule has 2 heteroatoms. The number of hydrogen-bond donors (Lipinski definition) is 0. The van der Waals surface area contributed by atoms with Gasteiger partial charge < -0.3 is 0 Å². The van der Waals surface area contributed by atoms with Crippen molar-refractivity contribution in [1.82, 2.24) is 0 Å². The molecule has 96 valence electrons. The maximum atomic E-state index is 2.65. The summed E-state index contributed by atoms with van der Waals surface area (Å²) in [5.41, 5.74) is 0. The van der Waals surface area contributed by atoms with Crippen molar-refractivity contribution in [2.75, 3.05) is 25.2 Å². The van der Waals surface area contributed by atoms with Gasteiger partial charge in [0.1, 0.15) is 0 Å². The van der Waals surface area contributed by atoms with E-state index in [9.17, 15) is 0 Å². The van der Waals surface area contributed by atoms with Crippen LogP contribution in [-0.4, -0.2) is 25.2 Å². The van der Waals surface area contributed by atoms with Crippen molar-refractivity contribution < 1.29 is 0 Å². The Morgan fingerprint density at radius 3 is 1.13 bits per heavy atom. The van der Waals surface area contributed by atoms with E-state index in [1.807, 2.05) is 0 Å². The molecule has 0 aliphatic carbocycles. The van der Waals surface area contributed by atoms with Gasteiger partial charge in [0.15, 0.2) is 0 Å². The van der Waals surface area contributed by atoms with E-state index in [4.69, 9.17) is 0 Å². The molecular weight excluding hydrogens is 223 g/mol. The standard InChI is InChI=1S/C13H31P.ClH/c1-5-8-11-14(4,12-9-6-2)13-10-7-3;/h14H,5-13H2,1-4H3;1H. The van der Waals surface area contributed by atoms with Crippen LogP contribution in [0.1, 0.15) is 59.3 Å². The summed E-state index contributed by atoms with van der Waals surface area (Å²) in [6.45, 7) is 9.63. The van der Waals surface area contributed by atoms with Gasteiger partial charge in [0.05, 0.1) is 0 Å². The van der Waals surface area contributed by atoms with Crippen molar-refractivity contribution in [1.29, 1.82) is 0 Å². The van der Waals surface area contributed by atoms with Crippen LogP contribution in [0.2, 0.25) is 0 Å². The molecule has 0 unspecified atom stereocenters. The van der Waals surface area contributed by atoms with Crippen LogP contribution in [0.5, 0.6) is 0 Å². The first-order valence-electron chi connectivity index (χ1n) is 6.68. The summed E-state index contributed by atoms with van der Waals surface area (Å²) < 4.78 is 0. The van der Waals surface area contributed by atoms with E-state index in [1.165, 1.54) is 38.5 Å². The Morgan fingerprint density at radius 2 is 0.933 bits per heavy atom. The molecule has 0 aliphatic heterocycles. The van der Waals surface area contributed by atoms with Gasteiger partial charge in [-0.25, -0.2) is 0 Å². The monoisotopic (exact) mass is 254 g/mol. The van der Waals surface area contributed by atoms with Crippen molar-refractivity contribution in [3.63, 3.8) is 0 Å². The van der Waals surface area contributed by atoms with E-state index in [1.54, 1.807) is 18.5 Å². The van der Waals surface area contributed by atoms with E-state index in [0.29, 0.717) is 0 Å². The molecule has 0 radical (unpaired) electrons. The normalized spacial score (nSPS) is 12.3. The molecule has 0 aromatic heterocycles. The van der Waals surface area contributed by atoms with Crippen LogP contribution in [0.15, 0.2) is 0 Å². The summed E-state index contributed by atoms with van der Waals surface area (Å²) in [5, 5.41) is 0. The van der Waals surface area contributed by atoms with Crippen molar-refractivity contribution in [3.05, 3.63) is 0 Å². The molecule has 0 saturated carbocycles. The van der Waals surface area contributed by atoms with Crippen molar-refractivity contribution >= 4 is 19.7 Å². The molecule has 0 aromatic rings. The van der Waals surface area contributed by atoms with Gasteiger partial charge in [0, 0.05) is 0 Å². The molecule has 0 N–H and O–H groups in total. The van der Waals surface area contributed by atoms with Gasteiger partial charge in [-0.15, -0.1) is 12.4 Å². The Hall–Kier alpha value is 0.720. The SMILES string of the molecule is CCCC[PH](C)(CCCC)CCCC.Cl. The second kappa shape index (κ2) is 11.2. The van der Waals surface area contributed by atoms with Crippen LogP contribution in [-0.2, 0) is 0 Å². The molecule has 0 atom stereocenters. The fraction of sp³-hybridized carbons (Fsp3) is 1.00. The maximum absolute atomic E-state index is 2.65. The molecule has 0 aliphatic rings.